The van der Waals surface area contributed by atoms with Crippen molar-refractivity contribution in [2.75, 3.05) is 40.4 Å². The highest BCUT2D eigenvalue weighted by atomic mass is 16.5. The van der Waals surface area contributed by atoms with Gasteiger partial charge in [0.15, 0.2) is 0 Å². The highest BCUT2D eigenvalue weighted by molar-refractivity contribution is 5.29. The summed E-state index contributed by atoms with van der Waals surface area (Å²) in [6.07, 6.45) is 1.01. The van der Waals surface area contributed by atoms with Crippen molar-refractivity contribution in [1.29, 1.82) is 0 Å². The third kappa shape index (κ3) is 6.05. The molecule has 0 aromatic heterocycles. The molecular formula is C15H26N2O2. The van der Waals surface area contributed by atoms with Gasteiger partial charge in [0.1, 0.15) is 5.75 Å². The van der Waals surface area contributed by atoms with Gasteiger partial charge in [-0.25, -0.2) is 0 Å². The fourth-order valence-electron chi connectivity index (χ4n) is 1.77. The Labute approximate surface area is 116 Å². The third-order valence-electron chi connectivity index (χ3n) is 2.89. The van der Waals surface area contributed by atoms with Crippen molar-refractivity contribution in [2.24, 2.45) is 0 Å². The van der Waals surface area contributed by atoms with E-state index >= 15 is 0 Å². The van der Waals surface area contributed by atoms with Crippen molar-refractivity contribution in [3.63, 3.8) is 0 Å². The number of ether oxygens (including phenoxy) is 1. The van der Waals surface area contributed by atoms with Gasteiger partial charge in [0.05, 0.1) is 19.3 Å². The molecule has 108 valence electrons. The summed E-state index contributed by atoms with van der Waals surface area (Å²) in [6.45, 7) is 4.73. The van der Waals surface area contributed by atoms with Crippen LogP contribution in [0.5, 0.6) is 5.75 Å². The maximum Gasteiger partial charge on any atom is 0.119 e. The summed E-state index contributed by atoms with van der Waals surface area (Å²) in [5, 5.41) is 12.8. The lowest BCUT2D eigenvalue weighted by atomic mass is 10.1. The summed E-state index contributed by atoms with van der Waals surface area (Å²) in [6, 6.07) is 7.92. The maximum absolute atomic E-state index is 9.45. The predicted octanol–water partition coefficient (Wildman–Crippen LogP) is 1.66. The van der Waals surface area contributed by atoms with E-state index in [0.29, 0.717) is 0 Å². The first-order chi connectivity index (χ1) is 9.17. The lowest BCUT2D eigenvalue weighted by molar-refractivity contribution is 0.240. The van der Waals surface area contributed by atoms with Crippen LogP contribution < -0.4 is 10.1 Å². The smallest absolute Gasteiger partial charge is 0.119 e. The van der Waals surface area contributed by atoms with Gasteiger partial charge in [-0.3, -0.25) is 0 Å². The molecule has 1 aromatic carbocycles. The molecule has 0 amide bonds. The lowest BCUT2D eigenvalue weighted by Gasteiger charge is -2.18. The number of likely N-dealkylation sites (N-methyl/N-ethyl adjacent to an activating group) is 1. The SMILES string of the molecule is CCCOc1ccc(C(CO)NCCN(C)C)cc1. The number of benzene rings is 1. The highest BCUT2D eigenvalue weighted by Gasteiger charge is 2.09. The molecule has 2 N–H and O–H groups in total. The summed E-state index contributed by atoms with van der Waals surface area (Å²) in [4.78, 5) is 2.11. The molecule has 0 heterocycles. The van der Waals surface area contributed by atoms with E-state index in [-0.39, 0.29) is 12.6 Å². The average molecular weight is 266 g/mol. The van der Waals surface area contributed by atoms with E-state index in [2.05, 4.69) is 17.1 Å². The minimum absolute atomic E-state index is 0.0137. The number of aliphatic hydroxyl groups excluding tert-OH is 1. The van der Waals surface area contributed by atoms with Crippen molar-refractivity contribution in [1.82, 2.24) is 10.2 Å². The maximum atomic E-state index is 9.45. The Morgan fingerprint density at radius 3 is 2.47 bits per heavy atom. The summed E-state index contributed by atoms with van der Waals surface area (Å²) in [5.74, 6) is 0.885. The largest absolute Gasteiger partial charge is 0.494 e. The first-order valence-electron chi connectivity index (χ1n) is 6.89. The second-order valence-corrected chi connectivity index (χ2v) is 4.91. The van der Waals surface area contributed by atoms with Gasteiger partial charge in [-0.05, 0) is 38.2 Å². The molecule has 1 rings (SSSR count). The fourth-order valence-corrected chi connectivity index (χ4v) is 1.77. The predicted molar refractivity (Wildman–Crippen MR) is 78.6 cm³/mol. The molecule has 19 heavy (non-hydrogen) atoms. The zero-order valence-electron chi connectivity index (χ0n) is 12.2. The van der Waals surface area contributed by atoms with Crippen LogP contribution >= 0.6 is 0 Å². The van der Waals surface area contributed by atoms with Crippen LogP contribution in [0.2, 0.25) is 0 Å². The minimum atomic E-state index is -0.0137. The van der Waals surface area contributed by atoms with Crippen molar-refractivity contribution in [3.8, 4) is 5.75 Å². The van der Waals surface area contributed by atoms with Crippen LogP contribution in [0.25, 0.3) is 0 Å². The number of rotatable bonds is 9. The molecule has 1 unspecified atom stereocenters. The van der Waals surface area contributed by atoms with E-state index in [1.807, 2.05) is 38.4 Å². The van der Waals surface area contributed by atoms with Gasteiger partial charge in [-0.15, -0.1) is 0 Å². The normalized spacial score (nSPS) is 12.7. The van der Waals surface area contributed by atoms with Crippen molar-refractivity contribution < 1.29 is 9.84 Å². The van der Waals surface area contributed by atoms with Gasteiger partial charge < -0.3 is 20.1 Å². The molecule has 4 heteroatoms. The van der Waals surface area contributed by atoms with E-state index < -0.39 is 0 Å². The van der Waals surface area contributed by atoms with E-state index in [4.69, 9.17) is 4.74 Å². The average Bonchev–Trinajstić information content (AvgIpc) is 2.42. The van der Waals surface area contributed by atoms with Crippen molar-refractivity contribution in [3.05, 3.63) is 29.8 Å². The van der Waals surface area contributed by atoms with Crippen LogP contribution in [0.4, 0.5) is 0 Å². The Balaban J connectivity index is 2.50. The quantitative estimate of drug-likeness (QED) is 0.713. The molecule has 0 aliphatic rings. The number of hydrogen-bond acceptors (Lipinski definition) is 4. The number of nitrogens with one attached hydrogen (secondary N) is 1. The Hall–Kier alpha value is -1.10. The van der Waals surface area contributed by atoms with Crippen LogP contribution in [-0.4, -0.2) is 50.4 Å². The van der Waals surface area contributed by atoms with Crippen molar-refractivity contribution >= 4 is 0 Å². The summed E-state index contributed by atoms with van der Waals surface area (Å²) in [5.41, 5.74) is 1.09. The molecule has 1 atom stereocenters. The van der Waals surface area contributed by atoms with E-state index in [0.717, 1.165) is 37.4 Å². The van der Waals surface area contributed by atoms with E-state index in [1.165, 1.54) is 0 Å². The van der Waals surface area contributed by atoms with Crippen LogP contribution in [-0.2, 0) is 0 Å². The van der Waals surface area contributed by atoms with Gasteiger partial charge in [-0.2, -0.15) is 0 Å². The molecule has 1 aromatic rings. The lowest BCUT2D eigenvalue weighted by Crippen LogP contribution is -2.31. The fraction of sp³-hybridized carbons (Fsp3) is 0.600. The molecule has 4 nitrogen and oxygen atoms in total. The van der Waals surface area contributed by atoms with Gasteiger partial charge in [0.25, 0.3) is 0 Å². The summed E-state index contributed by atoms with van der Waals surface area (Å²) in [7, 11) is 4.07. The van der Waals surface area contributed by atoms with Crippen LogP contribution in [0.15, 0.2) is 24.3 Å². The molecule has 0 saturated carbocycles. The standard InChI is InChI=1S/C15H26N2O2/c1-4-11-19-14-7-5-13(6-8-14)15(12-18)16-9-10-17(2)3/h5-8,15-16,18H,4,9-12H2,1-3H3. The number of aliphatic hydroxyl groups is 1. The first kappa shape index (κ1) is 16.0. The van der Waals surface area contributed by atoms with Crippen molar-refractivity contribution in [2.45, 2.75) is 19.4 Å². The molecule has 0 aliphatic carbocycles. The molecule has 0 spiro atoms. The monoisotopic (exact) mass is 266 g/mol. The van der Waals surface area contributed by atoms with E-state index in [1.54, 1.807) is 0 Å². The third-order valence-corrected chi connectivity index (χ3v) is 2.89. The molecule has 0 fully saturated rings. The second-order valence-electron chi connectivity index (χ2n) is 4.91. The second kappa shape index (κ2) is 8.91. The Morgan fingerprint density at radius 1 is 1.26 bits per heavy atom. The van der Waals surface area contributed by atoms with Gasteiger partial charge in [0, 0.05) is 13.1 Å². The highest BCUT2D eigenvalue weighted by Crippen LogP contribution is 2.17. The Morgan fingerprint density at radius 2 is 1.95 bits per heavy atom. The summed E-state index contributed by atoms with van der Waals surface area (Å²) < 4.78 is 5.55. The zero-order chi connectivity index (χ0) is 14.1. The minimum Gasteiger partial charge on any atom is -0.494 e. The van der Waals surface area contributed by atoms with Gasteiger partial charge >= 0.3 is 0 Å². The Bertz CT molecular complexity index is 339. The van der Waals surface area contributed by atoms with Gasteiger partial charge in [0.2, 0.25) is 0 Å². The van der Waals surface area contributed by atoms with E-state index in [9.17, 15) is 5.11 Å². The molecule has 0 bridgehead atoms. The molecular weight excluding hydrogens is 240 g/mol. The Kier molecular flexibility index (Phi) is 7.48. The molecule has 0 aliphatic heterocycles. The molecule has 0 saturated heterocycles. The summed E-state index contributed by atoms with van der Waals surface area (Å²) >= 11 is 0. The van der Waals surface area contributed by atoms with Crippen LogP contribution in [0, 0.1) is 0 Å². The first-order valence-corrected chi connectivity index (χ1v) is 6.89. The van der Waals surface area contributed by atoms with Gasteiger partial charge in [-0.1, -0.05) is 19.1 Å². The van der Waals surface area contributed by atoms with Crippen LogP contribution in [0.3, 0.4) is 0 Å². The molecule has 0 radical (unpaired) electrons. The number of hydrogen-bond donors (Lipinski definition) is 2. The van der Waals surface area contributed by atoms with Crippen LogP contribution in [0.1, 0.15) is 24.9 Å². The zero-order valence-corrected chi connectivity index (χ0v) is 12.2. The number of nitrogens with zero attached hydrogens (tertiary/aromatic N) is 1. The topological polar surface area (TPSA) is 44.7 Å².